The number of nitrogens with zero attached hydrogens (tertiary/aromatic N) is 7. The molecule has 5 aromatic rings. The molecule has 6 atom stereocenters. The number of carbonyl (C=O) groups is 1. The number of aryl methyl sites for hydroxylation is 1. The zero-order valence-corrected chi connectivity index (χ0v) is 41.5. The Kier molecular flexibility index (Phi) is 12.6. The van der Waals surface area contributed by atoms with Crippen LogP contribution in [0.5, 0.6) is 23.3 Å². The van der Waals surface area contributed by atoms with Gasteiger partial charge in [-0.15, -0.1) is 0 Å². The molecule has 2 aromatic heterocycles. The minimum absolute atomic E-state index is 0.000532. The predicted octanol–water partition coefficient (Wildman–Crippen LogP) is 10.7. The zero-order chi connectivity index (χ0) is 50.3. The number of anilines is 2. The van der Waals surface area contributed by atoms with Crippen molar-refractivity contribution in [2.75, 3.05) is 50.3 Å². The van der Waals surface area contributed by atoms with Gasteiger partial charge in [0.1, 0.15) is 53.1 Å². The topological polar surface area (TPSA) is 115 Å². The Morgan fingerprint density at radius 1 is 0.958 bits per heavy atom. The summed E-state index contributed by atoms with van der Waals surface area (Å²) in [4.78, 5) is 35.8. The molecule has 71 heavy (non-hydrogen) atoms. The van der Waals surface area contributed by atoms with Crippen LogP contribution in [0, 0.1) is 12.7 Å². The van der Waals surface area contributed by atoms with Gasteiger partial charge < -0.3 is 33.5 Å². The fourth-order valence-electron chi connectivity index (χ4n) is 11.6. The van der Waals surface area contributed by atoms with Crippen LogP contribution < -0.4 is 28.7 Å². The van der Waals surface area contributed by atoms with Gasteiger partial charge in [-0.2, -0.15) is 23.1 Å². The number of methoxy groups -OCH3 is 2. The molecule has 4 saturated heterocycles. The van der Waals surface area contributed by atoms with Crippen molar-refractivity contribution >= 4 is 40.2 Å². The van der Waals surface area contributed by atoms with E-state index in [0.717, 1.165) is 17.5 Å². The average Bonchev–Trinajstić information content (AvgIpc) is 3.93. The van der Waals surface area contributed by atoms with Crippen LogP contribution in [0.15, 0.2) is 54.6 Å². The molecule has 5 aliphatic rings. The van der Waals surface area contributed by atoms with Gasteiger partial charge in [-0.05, 0) is 114 Å². The molecule has 3 aromatic carbocycles. The second-order valence-electron chi connectivity index (χ2n) is 20.5. The molecule has 4 fully saturated rings. The molecule has 13 nitrogen and oxygen atoms in total. The maximum atomic E-state index is 18.3. The lowest BCUT2D eigenvalue weighted by Crippen LogP contribution is -2.65. The van der Waals surface area contributed by atoms with E-state index in [9.17, 15) is 9.18 Å². The van der Waals surface area contributed by atoms with E-state index in [2.05, 4.69) is 9.88 Å². The number of hydrogen-bond acceptors (Lipinski definition) is 12. The number of aromatic nitrogens is 3. The van der Waals surface area contributed by atoms with E-state index in [1.54, 1.807) is 76.0 Å². The van der Waals surface area contributed by atoms with Crippen molar-refractivity contribution in [3.05, 3.63) is 87.7 Å². The first kappa shape index (κ1) is 48.7. The minimum Gasteiger partial charge on any atom is -0.497 e. The lowest BCUT2D eigenvalue weighted by atomic mass is 9.95. The Labute approximate surface area is 414 Å². The summed E-state index contributed by atoms with van der Waals surface area (Å²) >= 11 is 7.34. The predicted molar refractivity (Wildman–Crippen MR) is 258 cm³/mol. The van der Waals surface area contributed by atoms with Crippen molar-refractivity contribution in [1.29, 1.82) is 0 Å². The van der Waals surface area contributed by atoms with E-state index < -0.39 is 80.9 Å². The molecule has 0 saturated carbocycles. The smallest absolute Gasteiger partial charge is 0.418 e. The molecule has 2 bridgehead atoms. The molecule has 0 aliphatic carbocycles. The maximum Gasteiger partial charge on any atom is 0.418 e. The van der Waals surface area contributed by atoms with Crippen molar-refractivity contribution in [3.8, 4) is 34.5 Å². The largest absolute Gasteiger partial charge is 0.497 e. The summed E-state index contributed by atoms with van der Waals surface area (Å²) in [6.07, 6.45) is -4.40. The average molecular weight is 1010 g/mol. The first-order valence-electron chi connectivity index (χ1n) is 24.0. The first-order valence-corrected chi connectivity index (χ1v) is 24.4. The van der Waals surface area contributed by atoms with E-state index in [1.165, 1.54) is 13.0 Å². The van der Waals surface area contributed by atoms with Gasteiger partial charge in [-0.25, -0.2) is 18.6 Å². The number of alkyl halides is 4. The van der Waals surface area contributed by atoms with Crippen LogP contribution in [0.25, 0.3) is 22.2 Å². The first-order chi connectivity index (χ1) is 33.8. The number of fused-ring (bicyclic) bond motifs is 6. The number of amides is 1. The van der Waals surface area contributed by atoms with E-state index in [0.29, 0.717) is 37.3 Å². The number of carbonyl (C=O) groups excluding carboxylic acids is 1. The van der Waals surface area contributed by atoms with Gasteiger partial charge in [-0.1, -0.05) is 35.9 Å². The highest BCUT2D eigenvalue weighted by Crippen LogP contribution is 2.53. The summed E-state index contributed by atoms with van der Waals surface area (Å²) < 4.78 is 110. The number of pyridine rings is 1. The highest BCUT2D eigenvalue weighted by Gasteiger charge is 2.55. The number of ether oxygens (including phenoxy) is 5. The Hall–Kier alpha value is -5.88. The molecule has 0 radical (unpaired) electrons. The summed E-state index contributed by atoms with van der Waals surface area (Å²) in [6, 6.07) is 14.2. The Morgan fingerprint density at radius 3 is 2.24 bits per heavy atom. The number of rotatable bonds is 11. The van der Waals surface area contributed by atoms with Crippen LogP contribution in [0.4, 0.5) is 38.4 Å². The van der Waals surface area contributed by atoms with Crippen LogP contribution in [-0.2, 0) is 24.0 Å². The number of halogens is 6. The van der Waals surface area contributed by atoms with E-state index in [-0.39, 0.29) is 79.6 Å². The minimum atomic E-state index is -5.03. The normalized spacial score (nSPS) is 23.8. The molecule has 7 heterocycles. The monoisotopic (exact) mass is 1010 g/mol. The maximum absolute atomic E-state index is 18.3. The third-order valence-corrected chi connectivity index (χ3v) is 15.0. The third-order valence-electron chi connectivity index (χ3n) is 14.7. The fraction of sp³-hybridized carbons (Fsp3) is 0.500. The van der Waals surface area contributed by atoms with Crippen LogP contribution in [0.1, 0.15) is 82.1 Å². The lowest BCUT2D eigenvalue weighted by molar-refractivity contribution is -0.137. The summed E-state index contributed by atoms with van der Waals surface area (Å²) in [5.74, 6) is 0.218. The molecule has 1 amide bonds. The van der Waals surface area contributed by atoms with Crippen molar-refractivity contribution in [3.63, 3.8) is 0 Å². The summed E-state index contributed by atoms with van der Waals surface area (Å²) in [7, 11) is 3.10. The summed E-state index contributed by atoms with van der Waals surface area (Å²) in [6.45, 7) is 10.0. The highest BCUT2D eigenvalue weighted by molar-refractivity contribution is 6.36. The van der Waals surface area contributed by atoms with E-state index >= 15 is 17.6 Å². The highest BCUT2D eigenvalue weighted by atomic mass is 35.5. The Bertz CT molecular complexity index is 2800. The van der Waals surface area contributed by atoms with Crippen LogP contribution in [0.3, 0.4) is 0 Å². The zero-order valence-electron chi connectivity index (χ0n) is 40.7. The fourth-order valence-corrected chi connectivity index (χ4v) is 11.9. The molecule has 5 aliphatic heterocycles. The second-order valence-corrected chi connectivity index (χ2v) is 20.9. The van der Waals surface area contributed by atoms with Crippen molar-refractivity contribution in [2.24, 2.45) is 0 Å². The number of piperazine rings is 1. The molecule has 10 rings (SSSR count). The summed E-state index contributed by atoms with van der Waals surface area (Å²) in [5.41, 5.74) is -3.07. The van der Waals surface area contributed by atoms with Gasteiger partial charge in [0, 0.05) is 32.6 Å². The van der Waals surface area contributed by atoms with Gasteiger partial charge in [0.05, 0.1) is 65.1 Å². The van der Waals surface area contributed by atoms with Gasteiger partial charge in [0.25, 0.3) is 0 Å². The van der Waals surface area contributed by atoms with Gasteiger partial charge in [0.15, 0.2) is 11.6 Å². The number of hydrogen-bond donors (Lipinski definition) is 0. The van der Waals surface area contributed by atoms with Crippen LogP contribution in [-0.4, -0.2) is 113 Å². The van der Waals surface area contributed by atoms with Crippen molar-refractivity contribution < 1.29 is 50.4 Å². The molecular weight excluding hydrogens is 949 g/mol. The molecule has 378 valence electrons. The molecule has 0 unspecified atom stereocenters. The summed E-state index contributed by atoms with van der Waals surface area (Å²) in [5, 5.41) is -0.420. The Balaban J connectivity index is 1.15. The van der Waals surface area contributed by atoms with Gasteiger partial charge >= 0.3 is 18.3 Å². The van der Waals surface area contributed by atoms with E-state index in [4.69, 9.17) is 45.3 Å². The SMILES string of the molecule is COc1ccc(CN(Cc2ccc(OC)cc2)c2cc(C)c(C(F)(F)F)c(-c3c(Cl)c4c5c(nc(OC[C@@]67CCCN6C[C@H](F)C7)nc5c3F)N3C[C@H]5CC[C@@H]([C@H]3[C@H](C)O4)N5C(=O)OC(C)(C)C)n2)cc1. The standard InChI is InChI=1S/C52H57ClF5N7O6/c1-28-21-37(62(23-30-9-14-34(67-6)15-10-30)24-31-11-16-35(68-7)17-12-31)59-43(40(28)52(56,57)58)38-41(53)46-39-44(42(38)55)60-48(69-27-51-19-8-20-63(51)25-32(54)22-51)61-47(39)64-26-33-13-18-36(45(64)29(2)70-46)65(33)49(66)71-50(3,4)5/h9-12,14-17,21,29,32-33,36,45H,8,13,18-20,22-27H2,1-7H3/t29-,32+,33+,36-,45+,51-/m0/s1. The van der Waals surface area contributed by atoms with Crippen molar-refractivity contribution in [2.45, 2.75) is 128 Å². The molecule has 19 heteroatoms. The number of benzene rings is 3. The van der Waals surface area contributed by atoms with Gasteiger partial charge in [-0.3, -0.25) is 9.80 Å². The Morgan fingerprint density at radius 2 is 1.62 bits per heavy atom. The van der Waals surface area contributed by atoms with E-state index in [1.807, 2.05) is 29.2 Å². The lowest BCUT2D eigenvalue weighted by Gasteiger charge is -2.48. The van der Waals surface area contributed by atoms with Crippen LogP contribution in [0.2, 0.25) is 5.02 Å². The third kappa shape index (κ3) is 8.97. The van der Waals surface area contributed by atoms with Crippen LogP contribution >= 0.6 is 11.6 Å². The van der Waals surface area contributed by atoms with Crippen molar-refractivity contribution in [1.82, 2.24) is 24.8 Å². The second kappa shape index (κ2) is 18.3. The van der Waals surface area contributed by atoms with Gasteiger partial charge in [0.2, 0.25) is 0 Å². The molecular formula is C52H57ClF5N7O6. The quantitative estimate of drug-likeness (QED) is 0.117. The molecule has 0 spiro atoms. The molecule has 0 N–H and O–H groups in total.